The van der Waals surface area contributed by atoms with Crippen LogP contribution in [0.15, 0.2) is 227 Å². The third-order valence-electron chi connectivity index (χ3n) is 13.3. The molecule has 0 saturated carbocycles. The minimum absolute atomic E-state index is 0.445. The minimum atomic E-state index is -0.445. The number of nitrogens with zero attached hydrogens (tertiary/aromatic N) is 4. The van der Waals surface area contributed by atoms with Crippen LogP contribution in [-0.2, 0) is 0 Å². The Kier molecular flexibility index (Phi) is 7.65. The van der Waals surface area contributed by atoms with Crippen LogP contribution in [-0.4, -0.2) is 20.8 Å². The monoisotopic (exact) mass is 831 g/mol. The highest BCUT2D eigenvalue weighted by Gasteiger charge is 2.26. The van der Waals surface area contributed by atoms with Crippen LogP contribution in [0.5, 0.6) is 0 Å². The van der Waals surface area contributed by atoms with E-state index in [4.69, 9.17) is 14.4 Å². The third kappa shape index (κ3) is 5.47. The molecular weight excluding hydrogens is 795 g/mol. The van der Waals surface area contributed by atoms with Crippen molar-refractivity contribution >= 4 is 98.8 Å². The normalized spacial score (nSPS) is 14.3. The van der Waals surface area contributed by atoms with E-state index in [9.17, 15) is 0 Å². The van der Waals surface area contributed by atoms with Crippen LogP contribution in [0, 0.1) is 0 Å². The number of amidine groups is 2. The predicted octanol–water partition coefficient (Wildman–Crippen LogP) is 14.6. The number of furan rings is 1. The van der Waals surface area contributed by atoms with Crippen molar-refractivity contribution in [3.8, 4) is 11.4 Å². The van der Waals surface area contributed by atoms with Crippen molar-refractivity contribution in [1.82, 2.24) is 14.5 Å². The van der Waals surface area contributed by atoms with Gasteiger partial charge >= 0.3 is 0 Å². The first kappa shape index (κ1) is 35.8. The molecule has 0 aliphatic carbocycles. The van der Waals surface area contributed by atoms with Crippen LogP contribution >= 0.6 is 0 Å². The first-order valence-corrected chi connectivity index (χ1v) is 22.1. The highest BCUT2D eigenvalue weighted by Crippen LogP contribution is 2.41. The number of hydrogen-bond donors (Lipinski definition) is 1. The lowest BCUT2D eigenvalue weighted by atomic mass is 10.0. The van der Waals surface area contributed by atoms with E-state index in [1.165, 1.54) is 32.3 Å². The second kappa shape index (κ2) is 13.9. The Balaban J connectivity index is 1.03. The molecule has 0 radical (unpaired) electrons. The van der Waals surface area contributed by atoms with Gasteiger partial charge in [0.2, 0.25) is 0 Å². The van der Waals surface area contributed by atoms with Gasteiger partial charge in [-0.05, 0) is 93.8 Å². The number of nitrogens with one attached hydrogen (secondary N) is 1. The smallest absolute Gasteiger partial charge is 0.159 e. The Morgan fingerprint density at radius 3 is 1.88 bits per heavy atom. The van der Waals surface area contributed by atoms with Crippen LogP contribution in [0.1, 0.15) is 22.9 Å². The van der Waals surface area contributed by atoms with E-state index in [0.717, 1.165) is 88.7 Å². The fourth-order valence-electron chi connectivity index (χ4n) is 10.4. The first-order chi connectivity index (χ1) is 32.2. The van der Waals surface area contributed by atoms with Crippen LogP contribution < -0.4 is 5.32 Å². The molecule has 6 heteroatoms. The molecule has 0 amide bonds. The summed E-state index contributed by atoms with van der Waals surface area (Å²) in [6, 6.07) is 75.6. The average Bonchev–Trinajstić information content (AvgIpc) is 4.02. The van der Waals surface area contributed by atoms with Crippen LogP contribution in [0.2, 0.25) is 0 Å². The van der Waals surface area contributed by atoms with Gasteiger partial charge in [-0.2, -0.15) is 0 Å². The summed E-state index contributed by atoms with van der Waals surface area (Å²) in [6.45, 7) is 0. The number of aliphatic imine (C=N–C) groups is 2. The van der Waals surface area contributed by atoms with E-state index in [-0.39, 0.29) is 0 Å². The Labute approximate surface area is 372 Å². The molecule has 65 heavy (non-hydrogen) atoms. The van der Waals surface area contributed by atoms with Crippen molar-refractivity contribution in [2.75, 3.05) is 0 Å². The fraction of sp³-hybridized carbons (Fsp3) is 0.0169. The van der Waals surface area contributed by atoms with E-state index in [1.54, 1.807) is 0 Å². The predicted molar refractivity (Wildman–Crippen MR) is 269 cm³/mol. The lowest BCUT2D eigenvalue weighted by Gasteiger charge is -2.25. The zero-order chi connectivity index (χ0) is 42.6. The van der Waals surface area contributed by atoms with E-state index in [1.807, 2.05) is 6.07 Å². The number of aromatic nitrogens is 2. The molecule has 10 aromatic carbocycles. The van der Waals surface area contributed by atoms with Crippen molar-refractivity contribution in [2.45, 2.75) is 6.17 Å². The summed E-state index contributed by atoms with van der Waals surface area (Å²) in [5.41, 5.74) is 11.2. The molecule has 13 aromatic rings. The molecule has 304 valence electrons. The Bertz CT molecular complexity index is 4160. The molecule has 6 nitrogen and oxygen atoms in total. The Morgan fingerprint density at radius 1 is 0.431 bits per heavy atom. The molecule has 0 spiro atoms. The molecule has 1 unspecified atom stereocenters. The van der Waals surface area contributed by atoms with Crippen molar-refractivity contribution in [2.24, 2.45) is 9.98 Å². The average molecular weight is 832 g/mol. The second-order valence-corrected chi connectivity index (χ2v) is 17.0. The summed E-state index contributed by atoms with van der Waals surface area (Å²) in [6.07, 6.45) is -0.445. The summed E-state index contributed by atoms with van der Waals surface area (Å²) in [5.74, 6) is 1.41. The molecule has 1 aliphatic rings. The summed E-state index contributed by atoms with van der Waals surface area (Å²) in [7, 11) is 0. The van der Waals surface area contributed by atoms with Gasteiger partial charge in [-0.15, -0.1) is 0 Å². The maximum absolute atomic E-state index is 6.86. The fourth-order valence-corrected chi connectivity index (χ4v) is 10.4. The molecular formula is C59H37N5O. The van der Waals surface area contributed by atoms with Crippen molar-refractivity contribution in [3.05, 3.63) is 229 Å². The number of fused-ring (bicyclic) bond motifs is 11. The number of hydrogen-bond acceptors (Lipinski definition) is 4. The van der Waals surface area contributed by atoms with Gasteiger partial charge in [0.1, 0.15) is 17.6 Å². The molecule has 14 rings (SSSR count). The number of rotatable bonds is 5. The SMILES string of the molecule is c1ccc(-n2c3ccccc3c3cc(C4N=C(c5cc(-n6c7ccccc7c7cc8ccccc8cc76)c6oc7ccccc7c6c5)N=C(c5cccc6ccccc56)N4)ccc32)cc1. The standard InChI is InChI=1S/C59H37N5O/c1-2-19-41(20-3-1)63-50-26-11-8-22-43(50)47-32-39(29-30-52(47)63)57-60-58(62-59(61-57)46-25-14-18-36-15-6-7-21-42(36)46)40-33-49-45-24-10-13-28-55(45)65-56(49)54(35-40)64-51-27-12-9-23-44(51)48-31-37-16-4-5-17-38(37)34-53(48)64/h1-35,57H,(H,60,61,62). The van der Waals surface area contributed by atoms with Crippen molar-refractivity contribution in [3.63, 3.8) is 0 Å². The quantitative estimate of drug-likeness (QED) is 0.188. The van der Waals surface area contributed by atoms with Gasteiger partial charge in [-0.25, -0.2) is 9.98 Å². The number of para-hydroxylation sites is 4. The lowest BCUT2D eigenvalue weighted by molar-refractivity contribution is 0.666. The zero-order valence-electron chi connectivity index (χ0n) is 35.0. The van der Waals surface area contributed by atoms with E-state index < -0.39 is 6.17 Å². The van der Waals surface area contributed by atoms with Crippen molar-refractivity contribution < 1.29 is 4.42 Å². The van der Waals surface area contributed by atoms with Crippen molar-refractivity contribution in [1.29, 1.82) is 0 Å². The van der Waals surface area contributed by atoms with Gasteiger partial charge < -0.3 is 18.9 Å². The summed E-state index contributed by atoms with van der Waals surface area (Å²) >= 11 is 0. The Hall–Kier alpha value is -8.74. The van der Waals surface area contributed by atoms with E-state index in [0.29, 0.717) is 5.84 Å². The van der Waals surface area contributed by atoms with Gasteiger partial charge in [0, 0.05) is 49.1 Å². The van der Waals surface area contributed by atoms with Gasteiger partial charge in [0.05, 0.1) is 27.8 Å². The van der Waals surface area contributed by atoms with E-state index in [2.05, 4.69) is 221 Å². The summed E-state index contributed by atoms with van der Waals surface area (Å²) < 4.78 is 11.6. The topological polar surface area (TPSA) is 59.8 Å². The maximum Gasteiger partial charge on any atom is 0.159 e. The Morgan fingerprint density at radius 2 is 1.06 bits per heavy atom. The molecule has 1 aliphatic heterocycles. The number of benzene rings is 10. The van der Waals surface area contributed by atoms with Crippen LogP contribution in [0.4, 0.5) is 0 Å². The van der Waals surface area contributed by atoms with Gasteiger partial charge in [-0.1, -0.05) is 146 Å². The second-order valence-electron chi connectivity index (χ2n) is 17.0. The summed E-state index contributed by atoms with van der Waals surface area (Å²) in [4.78, 5) is 11.0. The highest BCUT2D eigenvalue weighted by molar-refractivity contribution is 6.21. The zero-order valence-corrected chi connectivity index (χ0v) is 35.0. The third-order valence-corrected chi connectivity index (χ3v) is 13.3. The van der Waals surface area contributed by atoms with Gasteiger partial charge in [-0.3, -0.25) is 0 Å². The summed E-state index contributed by atoms with van der Waals surface area (Å²) in [5, 5.41) is 15.3. The largest absolute Gasteiger partial charge is 0.454 e. The lowest BCUT2D eigenvalue weighted by Crippen LogP contribution is -2.33. The maximum atomic E-state index is 6.86. The van der Waals surface area contributed by atoms with E-state index >= 15 is 0 Å². The van der Waals surface area contributed by atoms with Crippen LogP contribution in [0.25, 0.3) is 98.5 Å². The highest BCUT2D eigenvalue weighted by atomic mass is 16.3. The molecule has 3 aromatic heterocycles. The first-order valence-electron chi connectivity index (χ1n) is 22.1. The molecule has 1 atom stereocenters. The van der Waals surface area contributed by atoms with Gasteiger partial charge in [0.25, 0.3) is 0 Å². The van der Waals surface area contributed by atoms with Gasteiger partial charge in [0.15, 0.2) is 11.4 Å². The molecule has 4 heterocycles. The molecule has 0 fully saturated rings. The molecule has 1 N–H and O–H groups in total. The molecule has 0 saturated heterocycles. The minimum Gasteiger partial charge on any atom is -0.454 e. The van der Waals surface area contributed by atoms with Crippen LogP contribution in [0.3, 0.4) is 0 Å². The molecule has 0 bridgehead atoms.